The number of benzene rings is 1. The molecule has 2 amide bonds. The van der Waals surface area contributed by atoms with Crippen molar-refractivity contribution < 1.29 is 9.59 Å². The molecule has 6 nitrogen and oxygen atoms in total. The van der Waals surface area contributed by atoms with Crippen LogP contribution in [0.2, 0.25) is 0 Å². The normalized spacial score (nSPS) is 13.7. The van der Waals surface area contributed by atoms with Crippen LogP contribution in [0.25, 0.3) is 0 Å². The number of carbonyl (C=O) groups is 2. The second-order valence-electron chi connectivity index (χ2n) is 5.08. The fraction of sp³-hybridized carbons (Fsp3) is 0.267. The number of nitrogens with one attached hydrogen (secondary N) is 2. The van der Waals surface area contributed by atoms with Gasteiger partial charge in [0.25, 0.3) is 5.91 Å². The van der Waals surface area contributed by atoms with Crippen LogP contribution in [0.15, 0.2) is 42.7 Å². The minimum Gasteiger partial charge on any atom is -0.349 e. The van der Waals surface area contributed by atoms with Crippen molar-refractivity contribution in [2.24, 2.45) is 0 Å². The number of nitrogens with zero attached hydrogens (tertiary/aromatic N) is 2. The molecule has 0 atom stereocenters. The van der Waals surface area contributed by atoms with E-state index in [2.05, 4.69) is 15.7 Å². The second kappa shape index (κ2) is 5.78. The molecule has 1 heterocycles. The molecule has 0 aliphatic heterocycles. The van der Waals surface area contributed by atoms with E-state index in [-0.39, 0.29) is 18.4 Å². The van der Waals surface area contributed by atoms with Gasteiger partial charge in [0.1, 0.15) is 6.54 Å². The van der Waals surface area contributed by atoms with E-state index >= 15 is 0 Å². The summed E-state index contributed by atoms with van der Waals surface area (Å²) in [4.78, 5) is 23.8. The maximum atomic E-state index is 12.0. The summed E-state index contributed by atoms with van der Waals surface area (Å²) < 4.78 is 1.54. The smallest absolute Gasteiger partial charge is 0.251 e. The number of hydrogen-bond donors (Lipinski definition) is 2. The lowest BCUT2D eigenvalue weighted by Crippen LogP contribution is -2.25. The summed E-state index contributed by atoms with van der Waals surface area (Å²) >= 11 is 0. The van der Waals surface area contributed by atoms with Gasteiger partial charge in [-0.15, -0.1) is 0 Å². The molecular weight excluding hydrogens is 268 g/mol. The van der Waals surface area contributed by atoms with E-state index in [0.717, 1.165) is 12.8 Å². The van der Waals surface area contributed by atoms with Gasteiger partial charge in [0.05, 0.1) is 0 Å². The standard InChI is InChI=1S/C15H16N4O2/c20-14(10-19-8-2-7-16-19)17-13-4-1-3-11(9-13)15(21)18-12-5-6-12/h1-4,7-9,12H,5-6,10H2,(H,17,20)(H,18,21). The summed E-state index contributed by atoms with van der Waals surface area (Å²) in [6, 6.07) is 9.01. The number of rotatable bonds is 5. The lowest BCUT2D eigenvalue weighted by Gasteiger charge is -2.08. The number of aromatic nitrogens is 2. The van der Waals surface area contributed by atoms with Crippen LogP contribution in [0.5, 0.6) is 0 Å². The highest BCUT2D eigenvalue weighted by molar-refractivity contribution is 5.97. The maximum absolute atomic E-state index is 12.0. The monoisotopic (exact) mass is 284 g/mol. The van der Waals surface area contributed by atoms with Crippen molar-refractivity contribution >= 4 is 17.5 Å². The third kappa shape index (κ3) is 3.68. The molecule has 6 heteroatoms. The van der Waals surface area contributed by atoms with Crippen LogP contribution >= 0.6 is 0 Å². The zero-order valence-corrected chi connectivity index (χ0v) is 11.5. The molecule has 108 valence electrons. The molecule has 0 spiro atoms. The summed E-state index contributed by atoms with van der Waals surface area (Å²) in [5, 5.41) is 9.66. The molecule has 2 N–H and O–H groups in total. The first kappa shape index (κ1) is 13.4. The first-order valence-electron chi connectivity index (χ1n) is 6.89. The SMILES string of the molecule is O=C(Cn1cccn1)Nc1cccc(C(=O)NC2CC2)c1. The lowest BCUT2D eigenvalue weighted by atomic mass is 10.2. The minimum absolute atomic E-state index is 0.0966. The van der Waals surface area contributed by atoms with Gasteiger partial charge in [-0.2, -0.15) is 5.10 Å². The highest BCUT2D eigenvalue weighted by atomic mass is 16.2. The first-order chi connectivity index (χ1) is 10.2. The number of anilines is 1. The molecule has 1 aliphatic rings. The number of amides is 2. The summed E-state index contributed by atoms with van der Waals surface area (Å²) in [5.41, 5.74) is 1.16. The van der Waals surface area contributed by atoms with Gasteiger partial charge in [0.2, 0.25) is 5.91 Å². The molecule has 0 bridgehead atoms. The van der Waals surface area contributed by atoms with Gasteiger partial charge in [0, 0.05) is 29.7 Å². The molecule has 3 rings (SSSR count). The van der Waals surface area contributed by atoms with Gasteiger partial charge >= 0.3 is 0 Å². The fourth-order valence-corrected chi connectivity index (χ4v) is 1.98. The van der Waals surface area contributed by atoms with Crippen molar-refractivity contribution in [2.45, 2.75) is 25.4 Å². The molecule has 0 unspecified atom stereocenters. The van der Waals surface area contributed by atoms with Gasteiger partial charge in [-0.1, -0.05) is 6.07 Å². The molecule has 0 radical (unpaired) electrons. The van der Waals surface area contributed by atoms with Crippen LogP contribution < -0.4 is 10.6 Å². The van der Waals surface area contributed by atoms with E-state index < -0.39 is 0 Å². The van der Waals surface area contributed by atoms with E-state index in [1.54, 1.807) is 47.4 Å². The zero-order chi connectivity index (χ0) is 14.7. The summed E-state index contributed by atoms with van der Waals surface area (Å²) in [7, 11) is 0. The molecule has 2 aromatic rings. The summed E-state index contributed by atoms with van der Waals surface area (Å²) in [6.45, 7) is 0.144. The van der Waals surface area contributed by atoms with Crippen molar-refractivity contribution in [2.75, 3.05) is 5.32 Å². The quantitative estimate of drug-likeness (QED) is 0.871. The van der Waals surface area contributed by atoms with E-state index in [9.17, 15) is 9.59 Å². The van der Waals surface area contributed by atoms with E-state index in [1.165, 1.54) is 0 Å². The highest BCUT2D eigenvalue weighted by Crippen LogP contribution is 2.20. The Balaban J connectivity index is 1.62. The Bertz CT molecular complexity index is 647. The molecule has 1 saturated carbocycles. The average molecular weight is 284 g/mol. The predicted octanol–water partition coefficient (Wildman–Crippen LogP) is 1.41. The maximum Gasteiger partial charge on any atom is 0.251 e. The Kier molecular flexibility index (Phi) is 3.68. The van der Waals surface area contributed by atoms with Gasteiger partial charge in [-0.25, -0.2) is 0 Å². The van der Waals surface area contributed by atoms with Gasteiger partial charge in [-0.3, -0.25) is 14.3 Å². The van der Waals surface area contributed by atoms with Crippen molar-refractivity contribution in [3.8, 4) is 0 Å². The van der Waals surface area contributed by atoms with Gasteiger partial charge in [0.15, 0.2) is 0 Å². The van der Waals surface area contributed by atoms with Crippen LogP contribution in [-0.4, -0.2) is 27.6 Å². The van der Waals surface area contributed by atoms with Crippen molar-refractivity contribution in [3.63, 3.8) is 0 Å². The minimum atomic E-state index is -0.182. The average Bonchev–Trinajstić information content (AvgIpc) is 3.13. The predicted molar refractivity (Wildman–Crippen MR) is 77.8 cm³/mol. The Morgan fingerprint density at radius 2 is 2.14 bits per heavy atom. The van der Waals surface area contributed by atoms with E-state index in [4.69, 9.17) is 0 Å². The van der Waals surface area contributed by atoms with Crippen LogP contribution in [0, 0.1) is 0 Å². The number of carbonyl (C=O) groups excluding carboxylic acids is 2. The second-order valence-corrected chi connectivity index (χ2v) is 5.08. The number of hydrogen-bond acceptors (Lipinski definition) is 3. The van der Waals surface area contributed by atoms with Crippen LogP contribution in [0.4, 0.5) is 5.69 Å². The van der Waals surface area contributed by atoms with Crippen molar-refractivity contribution in [3.05, 3.63) is 48.3 Å². The Hall–Kier alpha value is -2.63. The Morgan fingerprint density at radius 1 is 1.29 bits per heavy atom. The Morgan fingerprint density at radius 3 is 2.86 bits per heavy atom. The fourth-order valence-electron chi connectivity index (χ4n) is 1.98. The van der Waals surface area contributed by atoms with Gasteiger partial charge in [-0.05, 0) is 37.1 Å². The molecular formula is C15H16N4O2. The van der Waals surface area contributed by atoms with E-state index in [1.807, 2.05) is 0 Å². The van der Waals surface area contributed by atoms with Gasteiger partial charge < -0.3 is 10.6 Å². The van der Waals surface area contributed by atoms with Crippen LogP contribution in [0.3, 0.4) is 0 Å². The molecule has 1 aliphatic carbocycles. The van der Waals surface area contributed by atoms with Crippen molar-refractivity contribution in [1.29, 1.82) is 0 Å². The first-order valence-corrected chi connectivity index (χ1v) is 6.89. The Labute approximate surface area is 122 Å². The largest absolute Gasteiger partial charge is 0.349 e. The molecule has 0 saturated heterocycles. The summed E-state index contributed by atoms with van der Waals surface area (Å²) in [5.74, 6) is -0.279. The molecule has 1 aromatic heterocycles. The zero-order valence-electron chi connectivity index (χ0n) is 11.5. The van der Waals surface area contributed by atoms with Crippen molar-refractivity contribution in [1.82, 2.24) is 15.1 Å². The highest BCUT2D eigenvalue weighted by Gasteiger charge is 2.23. The third-order valence-corrected chi connectivity index (χ3v) is 3.19. The molecule has 1 aromatic carbocycles. The summed E-state index contributed by atoms with van der Waals surface area (Å²) in [6.07, 6.45) is 5.44. The molecule has 21 heavy (non-hydrogen) atoms. The van der Waals surface area contributed by atoms with Crippen LogP contribution in [0.1, 0.15) is 23.2 Å². The van der Waals surface area contributed by atoms with E-state index in [0.29, 0.717) is 17.3 Å². The topological polar surface area (TPSA) is 76.0 Å². The van der Waals surface area contributed by atoms with Crippen LogP contribution in [-0.2, 0) is 11.3 Å². The molecule has 1 fully saturated rings. The third-order valence-electron chi connectivity index (χ3n) is 3.19. The lowest BCUT2D eigenvalue weighted by molar-refractivity contribution is -0.116.